The maximum Gasteiger partial charge on any atom is 0.230 e. The molecule has 132 valence electrons. The van der Waals surface area contributed by atoms with E-state index in [9.17, 15) is 9.18 Å². The standard InChI is InChI=1S/C19H27FN2O2/c20-17-6-4-5-16(15-17)19(7-13-24-14-8-19)18(23)21-9-12-22-10-2-1-3-11-22/h4-6,15H,1-3,7-14H2,(H,21,23). The van der Waals surface area contributed by atoms with Crippen molar-refractivity contribution in [3.8, 4) is 0 Å². The Kier molecular flexibility index (Phi) is 5.85. The van der Waals surface area contributed by atoms with Crippen LogP contribution in [-0.2, 0) is 14.9 Å². The Bertz CT molecular complexity index is 552. The number of nitrogens with zero attached hydrogens (tertiary/aromatic N) is 1. The third-order valence-corrected chi connectivity index (χ3v) is 5.32. The van der Waals surface area contributed by atoms with Gasteiger partial charge in [-0.25, -0.2) is 4.39 Å². The Morgan fingerprint density at radius 1 is 1.21 bits per heavy atom. The first-order chi connectivity index (χ1) is 11.7. The molecule has 4 nitrogen and oxygen atoms in total. The van der Waals surface area contributed by atoms with Crippen molar-refractivity contribution in [2.45, 2.75) is 37.5 Å². The summed E-state index contributed by atoms with van der Waals surface area (Å²) >= 11 is 0. The number of piperidine rings is 1. The van der Waals surface area contributed by atoms with Crippen LogP contribution in [0, 0.1) is 5.82 Å². The monoisotopic (exact) mass is 334 g/mol. The van der Waals surface area contributed by atoms with Crippen molar-refractivity contribution in [3.63, 3.8) is 0 Å². The largest absolute Gasteiger partial charge is 0.381 e. The molecule has 2 aliphatic rings. The van der Waals surface area contributed by atoms with Crippen molar-refractivity contribution >= 4 is 5.91 Å². The van der Waals surface area contributed by atoms with Gasteiger partial charge in [0.2, 0.25) is 5.91 Å². The molecule has 24 heavy (non-hydrogen) atoms. The number of halogens is 1. The second-order valence-electron chi connectivity index (χ2n) is 6.86. The van der Waals surface area contributed by atoms with E-state index in [0.29, 0.717) is 32.6 Å². The summed E-state index contributed by atoms with van der Waals surface area (Å²) in [4.78, 5) is 15.4. The molecule has 1 aromatic rings. The van der Waals surface area contributed by atoms with Crippen LogP contribution in [0.4, 0.5) is 4.39 Å². The van der Waals surface area contributed by atoms with Gasteiger partial charge < -0.3 is 15.0 Å². The maximum atomic E-state index is 13.7. The van der Waals surface area contributed by atoms with Crippen LogP contribution in [0.3, 0.4) is 0 Å². The Morgan fingerprint density at radius 3 is 2.67 bits per heavy atom. The summed E-state index contributed by atoms with van der Waals surface area (Å²) in [6.45, 7) is 4.86. The fourth-order valence-corrected chi connectivity index (χ4v) is 3.83. The number of benzene rings is 1. The van der Waals surface area contributed by atoms with E-state index in [2.05, 4.69) is 10.2 Å². The molecule has 1 amide bonds. The SMILES string of the molecule is O=C(NCCN1CCCCC1)C1(c2cccc(F)c2)CCOCC1. The van der Waals surface area contributed by atoms with Crippen LogP contribution in [0.2, 0.25) is 0 Å². The molecule has 2 aliphatic heterocycles. The lowest BCUT2D eigenvalue weighted by molar-refractivity contribution is -0.130. The molecule has 1 aromatic carbocycles. The molecule has 2 fully saturated rings. The third-order valence-electron chi connectivity index (χ3n) is 5.32. The van der Waals surface area contributed by atoms with Crippen molar-refractivity contribution in [1.29, 1.82) is 0 Å². The van der Waals surface area contributed by atoms with Gasteiger partial charge in [0.25, 0.3) is 0 Å². The molecule has 0 radical (unpaired) electrons. The van der Waals surface area contributed by atoms with Gasteiger partial charge in [0.05, 0.1) is 5.41 Å². The van der Waals surface area contributed by atoms with Crippen LogP contribution in [0.25, 0.3) is 0 Å². The van der Waals surface area contributed by atoms with Crippen molar-refractivity contribution in [3.05, 3.63) is 35.6 Å². The minimum atomic E-state index is -0.664. The van der Waals surface area contributed by atoms with E-state index in [0.717, 1.165) is 25.2 Å². The van der Waals surface area contributed by atoms with E-state index >= 15 is 0 Å². The highest BCUT2D eigenvalue weighted by Crippen LogP contribution is 2.35. The van der Waals surface area contributed by atoms with Crippen LogP contribution in [-0.4, -0.2) is 50.2 Å². The van der Waals surface area contributed by atoms with Gasteiger partial charge >= 0.3 is 0 Å². The molecule has 0 saturated carbocycles. The predicted molar refractivity (Wildman–Crippen MR) is 91.4 cm³/mol. The average molecular weight is 334 g/mol. The highest BCUT2D eigenvalue weighted by molar-refractivity contribution is 5.88. The molecule has 0 aliphatic carbocycles. The first kappa shape index (κ1) is 17.4. The molecule has 1 N–H and O–H groups in total. The van der Waals surface area contributed by atoms with Crippen LogP contribution in [0.15, 0.2) is 24.3 Å². The van der Waals surface area contributed by atoms with Crippen molar-refractivity contribution in [2.24, 2.45) is 0 Å². The minimum absolute atomic E-state index is 0.00779. The lowest BCUT2D eigenvalue weighted by Gasteiger charge is -2.36. The lowest BCUT2D eigenvalue weighted by atomic mass is 9.73. The average Bonchev–Trinajstić information content (AvgIpc) is 2.63. The number of rotatable bonds is 5. The van der Waals surface area contributed by atoms with E-state index in [1.807, 2.05) is 6.07 Å². The molecule has 0 spiro atoms. The smallest absolute Gasteiger partial charge is 0.230 e. The summed E-state index contributed by atoms with van der Waals surface area (Å²) in [7, 11) is 0. The van der Waals surface area contributed by atoms with Crippen molar-refractivity contribution in [1.82, 2.24) is 10.2 Å². The number of carbonyl (C=O) groups excluding carboxylic acids is 1. The zero-order chi connectivity index (χ0) is 16.8. The molecule has 2 saturated heterocycles. The molecule has 0 aromatic heterocycles. The second kappa shape index (κ2) is 8.08. The number of hydrogen-bond donors (Lipinski definition) is 1. The Hall–Kier alpha value is -1.46. The summed E-state index contributed by atoms with van der Waals surface area (Å²) < 4.78 is 19.1. The van der Waals surface area contributed by atoms with E-state index < -0.39 is 5.41 Å². The fourth-order valence-electron chi connectivity index (χ4n) is 3.83. The van der Waals surface area contributed by atoms with E-state index in [1.165, 1.54) is 31.4 Å². The van der Waals surface area contributed by atoms with Gasteiger partial charge in [0.1, 0.15) is 5.82 Å². The summed E-state index contributed by atoms with van der Waals surface area (Å²) in [5, 5.41) is 3.10. The van der Waals surface area contributed by atoms with E-state index in [-0.39, 0.29) is 11.7 Å². The highest BCUT2D eigenvalue weighted by Gasteiger charge is 2.41. The summed E-state index contributed by atoms with van der Waals surface area (Å²) in [6, 6.07) is 6.46. The quantitative estimate of drug-likeness (QED) is 0.899. The van der Waals surface area contributed by atoms with Gasteiger partial charge in [-0.1, -0.05) is 18.6 Å². The molecular weight excluding hydrogens is 307 g/mol. The molecule has 0 unspecified atom stereocenters. The number of carbonyl (C=O) groups is 1. The van der Waals surface area contributed by atoms with Crippen LogP contribution < -0.4 is 5.32 Å². The van der Waals surface area contributed by atoms with Gasteiger partial charge in [-0.3, -0.25) is 4.79 Å². The normalized spacial score (nSPS) is 21.4. The number of hydrogen-bond acceptors (Lipinski definition) is 3. The Balaban J connectivity index is 1.65. The first-order valence-electron chi connectivity index (χ1n) is 9.05. The van der Waals surface area contributed by atoms with Gasteiger partial charge in [-0.15, -0.1) is 0 Å². The molecular formula is C19H27FN2O2. The van der Waals surface area contributed by atoms with E-state index in [1.54, 1.807) is 6.07 Å². The summed E-state index contributed by atoms with van der Waals surface area (Å²) in [6.07, 6.45) is 5.01. The lowest BCUT2D eigenvalue weighted by Crippen LogP contribution is -2.49. The topological polar surface area (TPSA) is 41.6 Å². The Labute approximate surface area is 143 Å². The summed E-state index contributed by atoms with van der Waals surface area (Å²) in [5.41, 5.74) is 0.101. The van der Waals surface area contributed by atoms with Crippen LogP contribution in [0.5, 0.6) is 0 Å². The minimum Gasteiger partial charge on any atom is -0.381 e. The zero-order valence-corrected chi connectivity index (χ0v) is 14.2. The number of likely N-dealkylation sites (tertiary alicyclic amines) is 1. The van der Waals surface area contributed by atoms with Crippen LogP contribution >= 0.6 is 0 Å². The molecule has 5 heteroatoms. The molecule has 3 rings (SSSR count). The maximum absolute atomic E-state index is 13.7. The first-order valence-corrected chi connectivity index (χ1v) is 9.05. The number of ether oxygens (including phenoxy) is 1. The molecule has 0 atom stereocenters. The number of nitrogens with one attached hydrogen (secondary N) is 1. The third kappa shape index (κ3) is 3.95. The van der Waals surface area contributed by atoms with Crippen molar-refractivity contribution in [2.75, 3.05) is 39.4 Å². The predicted octanol–water partition coefficient (Wildman–Crippen LogP) is 2.48. The fraction of sp³-hybridized carbons (Fsp3) is 0.632. The van der Waals surface area contributed by atoms with Gasteiger partial charge in [0.15, 0.2) is 0 Å². The zero-order valence-electron chi connectivity index (χ0n) is 14.2. The Morgan fingerprint density at radius 2 is 1.96 bits per heavy atom. The second-order valence-corrected chi connectivity index (χ2v) is 6.86. The van der Waals surface area contributed by atoms with Gasteiger partial charge in [-0.2, -0.15) is 0 Å². The van der Waals surface area contributed by atoms with Crippen molar-refractivity contribution < 1.29 is 13.9 Å². The number of amides is 1. The van der Waals surface area contributed by atoms with Gasteiger partial charge in [-0.05, 0) is 56.5 Å². The van der Waals surface area contributed by atoms with Gasteiger partial charge in [0, 0.05) is 26.3 Å². The summed E-state index contributed by atoms with van der Waals surface area (Å²) in [5.74, 6) is -0.284. The van der Waals surface area contributed by atoms with Crippen LogP contribution in [0.1, 0.15) is 37.7 Å². The highest BCUT2D eigenvalue weighted by atomic mass is 19.1. The molecule has 2 heterocycles. The van der Waals surface area contributed by atoms with E-state index in [4.69, 9.17) is 4.74 Å². The molecule has 0 bridgehead atoms.